The summed E-state index contributed by atoms with van der Waals surface area (Å²) >= 11 is 1.47. The first-order valence-electron chi connectivity index (χ1n) is 5.49. The molecule has 1 aromatic carbocycles. The van der Waals surface area contributed by atoms with Gasteiger partial charge < -0.3 is 5.32 Å². The van der Waals surface area contributed by atoms with E-state index < -0.39 is 0 Å². The summed E-state index contributed by atoms with van der Waals surface area (Å²) in [5, 5.41) is 2.38. The van der Waals surface area contributed by atoms with Gasteiger partial charge in [-0.2, -0.15) is 0 Å². The van der Waals surface area contributed by atoms with Crippen LogP contribution < -0.4 is 5.32 Å². The topological polar surface area (TPSA) is 49.4 Å². The summed E-state index contributed by atoms with van der Waals surface area (Å²) in [5.74, 6) is -0.131. The van der Waals surface area contributed by atoms with Gasteiger partial charge in [0.15, 0.2) is 0 Å². The number of imide groups is 1. The standard InChI is InChI=1S/C12H14N2O2S/c1-9(17-10-5-3-2-4-6-10)11(15)14-8-7-13-12(14)16/h2-6,9H,7-8H2,1H3,(H,13,16). The number of carbonyl (C=O) groups is 2. The zero-order valence-corrected chi connectivity index (χ0v) is 10.4. The Labute approximate surface area is 104 Å². The van der Waals surface area contributed by atoms with Crippen LogP contribution >= 0.6 is 11.8 Å². The van der Waals surface area contributed by atoms with Crippen molar-refractivity contribution in [1.82, 2.24) is 10.2 Å². The summed E-state index contributed by atoms with van der Waals surface area (Å²) in [4.78, 5) is 25.7. The maximum absolute atomic E-state index is 12.0. The molecule has 0 bridgehead atoms. The predicted molar refractivity (Wildman–Crippen MR) is 66.9 cm³/mol. The normalized spacial score (nSPS) is 16.8. The van der Waals surface area contributed by atoms with Gasteiger partial charge in [0.05, 0.1) is 5.25 Å². The van der Waals surface area contributed by atoms with E-state index in [2.05, 4.69) is 5.32 Å². The number of thioether (sulfide) groups is 1. The lowest BCUT2D eigenvalue weighted by atomic mass is 10.4. The van der Waals surface area contributed by atoms with Gasteiger partial charge in [0.25, 0.3) is 0 Å². The second-order valence-corrected chi connectivity index (χ2v) is 5.21. The van der Waals surface area contributed by atoms with Crippen molar-refractivity contribution < 1.29 is 9.59 Å². The van der Waals surface area contributed by atoms with Crippen LogP contribution in [0.25, 0.3) is 0 Å². The van der Waals surface area contributed by atoms with E-state index in [0.717, 1.165) is 4.90 Å². The lowest BCUT2D eigenvalue weighted by molar-refractivity contribution is -0.126. The van der Waals surface area contributed by atoms with Crippen molar-refractivity contribution in [2.75, 3.05) is 13.1 Å². The third-order valence-electron chi connectivity index (χ3n) is 2.53. The van der Waals surface area contributed by atoms with Crippen LogP contribution in [0, 0.1) is 0 Å². The molecule has 1 atom stereocenters. The van der Waals surface area contributed by atoms with Crippen molar-refractivity contribution in [2.24, 2.45) is 0 Å². The van der Waals surface area contributed by atoms with Crippen LogP contribution in [0.4, 0.5) is 4.79 Å². The average Bonchev–Trinajstić information content (AvgIpc) is 2.76. The van der Waals surface area contributed by atoms with E-state index in [1.807, 2.05) is 37.3 Å². The van der Waals surface area contributed by atoms with E-state index >= 15 is 0 Å². The van der Waals surface area contributed by atoms with Crippen LogP contribution in [0.1, 0.15) is 6.92 Å². The van der Waals surface area contributed by atoms with Crippen LogP contribution in [0.15, 0.2) is 35.2 Å². The molecule has 1 saturated heterocycles. The molecule has 0 spiro atoms. The molecule has 0 radical (unpaired) electrons. The molecule has 17 heavy (non-hydrogen) atoms. The van der Waals surface area contributed by atoms with E-state index in [-0.39, 0.29) is 17.2 Å². The molecule has 5 heteroatoms. The van der Waals surface area contributed by atoms with E-state index in [1.165, 1.54) is 16.7 Å². The third kappa shape index (κ3) is 2.79. The van der Waals surface area contributed by atoms with Crippen molar-refractivity contribution in [3.05, 3.63) is 30.3 Å². The Balaban J connectivity index is 1.98. The Morgan fingerprint density at radius 3 is 2.71 bits per heavy atom. The summed E-state index contributed by atoms with van der Waals surface area (Å²) in [6, 6.07) is 9.43. The average molecular weight is 250 g/mol. The minimum Gasteiger partial charge on any atom is -0.336 e. The number of hydrogen-bond acceptors (Lipinski definition) is 3. The van der Waals surface area contributed by atoms with Crippen molar-refractivity contribution in [3.63, 3.8) is 0 Å². The fourth-order valence-corrected chi connectivity index (χ4v) is 2.61. The number of amides is 3. The Morgan fingerprint density at radius 1 is 1.41 bits per heavy atom. The predicted octanol–water partition coefficient (Wildman–Crippen LogP) is 1.72. The molecule has 90 valence electrons. The molecule has 4 nitrogen and oxygen atoms in total. The van der Waals surface area contributed by atoms with Crippen molar-refractivity contribution in [2.45, 2.75) is 17.1 Å². The molecule has 1 unspecified atom stereocenters. The molecule has 1 heterocycles. The van der Waals surface area contributed by atoms with Crippen LogP contribution in [-0.2, 0) is 4.79 Å². The summed E-state index contributed by atoms with van der Waals surface area (Å²) < 4.78 is 0. The van der Waals surface area contributed by atoms with Crippen LogP contribution in [0.2, 0.25) is 0 Å². The van der Waals surface area contributed by atoms with E-state index in [4.69, 9.17) is 0 Å². The Morgan fingerprint density at radius 2 is 2.12 bits per heavy atom. The van der Waals surface area contributed by atoms with Crippen LogP contribution in [0.5, 0.6) is 0 Å². The minimum absolute atomic E-state index is 0.131. The molecular weight excluding hydrogens is 236 g/mol. The SMILES string of the molecule is CC(Sc1ccccc1)C(=O)N1CCNC1=O. The highest BCUT2D eigenvalue weighted by molar-refractivity contribution is 8.00. The van der Waals surface area contributed by atoms with Gasteiger partial charge in [0, 0.05) is 18.0 Å². The smallest absolute Gasteiger partial charge is 0.324 e. The lowest BCUT2D eigenvalue weighted by Gasteiger charge is -2.17. The summed E-state index contributed by atoms with van der Waals surface area (Å²) in [5.41, 5.74) is 0. The summed E-state index contributed by atoms with van der Waals surface area (Å²) in [7, 11) is 0. The highest BCUT2D eigenvalue weighted by Gasteiger charge is 2.29. The van der Waals surface area contributed by atoms with Crippen LogP contribution in [-0.4, -0.2) is 35.2 Å². The van der Waals surface area contributed by atoms with Crippen molar-refractivity contribution in [3.8, 4) is 0 Å². The van der Waals surface area contributed by atoms with Gasteiger partial charge in [-0.25, -0.2) is 4.79 Å². The van der Waals surface area contributed by atoms with E-state index in [1.54, 1.807) is 0 Å². The van der Waals surface area contributed by atoms with Gasteiger partial charge in [-0.1, -0.05) is 18.2 Å². The first kappa shape index (κ1) is 12.0. The zero-order valence-electron chi connectivity index (χ0n) is 9.55. The van der Waals surface area contributed by atoms with Gasteiger partial charge in [-0.3, -0.25) is 9.69 Å². The molecule has 3 amide bonds. The molecule has 0 aliphatic carbocycles. The number of urea groups is 1. The number of nitrogens with one attached hydrogen (secondary N) is 1. The van der Waals surface area contributed by atoms with Gasteiger partial charge in [0.1, 0.15) is 0 Å². The number of rotatable bonds is 3. The molecule has 2 rings (SSSR count). The molecule has 0 saturated carbocycles. The zero-order chi connectivity index (χ0) is 12.3. The Bertz CT molecular complexity index is 422. The van der Waals surface area contributed by atoms with Gasteiger partial charge in [-0.05, 0) is 19.1 Å². The van der Waals surface area contributed by atoms with Crippen molar-refractivity contribution >= 4 is 23.7 Å². The minimum atomic E-state index is -0.282. The highest BCUT2D eigenvalue weighted by atomic mass is 32.2. The fourth-order valence-electron chi connectivity index (χ4n) is 1.65. The quantitative estimate of drug-likeness (QED) is 0.831. The Hall–Kier alpha value is -1.49. The lowest BCUT2D eigenvalue weighted by Crippen LogP contribution is -2.38. The maximum atomic E-state index is 12.0. The van der Waals surface area contributed by atoms with Crippen molar-refractivity contribution in [1.29, 1.82) is 0 Å². The Kier molecular flexibility index (Phi) is 3.68. The third-order valence-corrected chi connectivity index (χ3v) is 3.63. The van der Waals surface area contributed by atoms with Crippen LogP contribution in [0.3, 0.4) is 0 Å². The number of carbonyl (C=O) groups excluding carboxylic acids is 2. The number of hydrogen-bond donors (Lipinski definition) is 1. The first-order chi connectivity index (χ1) is 8.18. The molecule has 1 fully saturated rings. The number of benzene rings is 1. The van der Waals surface area contributed by atoms with Gasteiger partial charge in [-0.15, -0.1) is 11.8 Å². The van der Waals surface area contributed by atoms with Gasteiger partial charge in [0.2, 0.25) is 5.91 Å². The summed E-state index contributed by atoms with van der Waals surface area (Å²) in [6.07, 6.45) is 0. The molecule has 1 aliphatic rings. The van der Waals surface area contributed by atoms with E-state index in [9.17, 15) is 9.59 Å². The highest BCUT2D eigenvalue weighted by Crippen LogP contribution is 2.24. The summed E-state index contributed by atoms with van der Waals surface area (Å²) in [6.45, 7) is 2.84. The fraction of sp³-hybridized carbons (Fsp3) is 0.333. The molecule has 0 aromatic heterocycles. The molecular formula is C12H14N2O2S. The van der Waals surface area contributed by atoms with Gasteiger partial charge >= 0.3 is 6.03 Å². The van der Waals surface area contributed by atoms with E-state index in [0.29, 0.717) is 13.1 Å². The second-order valence-electron chi connectivity index (χ2n) is 3.79. The number of nitrogens with zero attached hydrogens (tertiary/aromatic N) is 1. The molecule has 1 aromatic rings. The molecule has 1 N–H and O–H groups in total. The largest absolute Gasteiger partial charge is 0.336 e. The monoisotopic (exact) mass is 250 g/mol. The maximum Gasteiger partial charge on any atom is 0.324 e. The first-order valence-corrected chi connectivity index (χ1v) is 6.37. The second kappa shape index (κ2) is 5.23. The molecule has 1 aliphatic heterocycles.